The van der Waals surface area contributed by atoms with Gasteiger partial charge in [0.25, 0.3) is 0 Å². The molecule has 0 unspecified atom stereocenters. The molecule has 34 heavy (non-hydrogen) atoms. The number of halogens is 2. The first-order valence-electron chi connectivity index (χ1n) is 10.3. The molecule has 3 aromatic heterocycles. The van der Waals surface area contributed by atoms with Crippen LogP contribution in [0.2, 0.25) is 0 Å². The van der Waals surface area contributed by atoms with Gasteiger partial charge in [0.15, 0.2) is 11.5 Å². The van der Waals surface area contributed by atoms with E-state index in [4.69, 9.17) is 19.7 Å². The van der Waals surface area contributed by atoms with Crippen LogP contribution >= 0.6 is 0 Å². The SMILES string of the molecule is COc1cc(-c2ccc(F)cc2F)nc(C(C)(C)c2cc(OC)cc(-n3ccc(C#N)n3)n2)c1. The van der Waals surface area contributed by atoms with Gasteiger partial charge in [-0.15, -0.1) is 0 Å². The molecular formula is C25H21F2N5O2. The number of pyridine rings is 2. The Kier molecular flexibility index (Phi) is 5.99. The average molecular weight is 461 g/mol. The van der Waals surface area contributed by atoms with Crippen molar-refractivity contribution < 1.29 is 18.3 Å². The highest BCUT2D eigenvalue weighted by atomic mass is 19.1. The summed E-state index contributed by atoms with van der Waals surface area (Å²) in [5.41, 5.74) is 1.07. The van der Waals surface area contributed by atoms with Gasteiger partial charge in [-0.1, -0.05) is 0 Å². The van der Waals surface area contributed by atoms with Crippen LogP contribution < -0.4 is 9.47 Å². The lowest BCUT2D eigenvalue weighted by Crippen LogP contribution is -2.23. The summed E-state index contributed by atoms with van der Waals surface area (Å²) in [6.45, 7) is 3.82. The molecule has 0 spiro atoms. The van der Waals surface area contributed by atoms with Gasteiger partial charge in [0.2, 0.25) is 0 Å². The first-order chi connectivity index (χ1) is 16.2. The van der Waals surface area contributed by atoms with Gasteiger partial charge in [-0.25, -0.2) is 18.4 Å². The van der Waals surface area contributed by atoms with Crippen molar-refractivity contribution in [2.45, 2.75) is 19.3 Å². The summed E-state index contributed by atoms with van der Waals surface area (Å²) in [6, 6.07) is 13.7. The second-order valence-corrected chi connectivity index (χ2v) is 8.03. The van der Waals surface area contributed by atoms with Gasteiger partial charge in [0, 0.05) is 47.5 Å². The molecule has 4 rings (SSSR count). The third-order valence-corrected chi connectivity index (χ3v) is 5.48. The molecule has 0 N–H and O–H groups in total. The largest absolute Gasteiger partial charge is 0.497 e. The number of nitriles is 1. The summed E-state index contributed by atoms with van der Waals surface area (Å²) in [6.07, 6.45) is 1.64. The first kappa shape index (κ1) is 22.9. The number of methoxy groups -OCH3 is 2. The number of rotatable bonds is 6. The zero-order chi connectivity index (χ0) is 24.5. The average Bonchev–Trinajstić information content (AvgIpc) is 3.33. The van der Waals surface area contributed by atoms with E-state index in [2.05, 4.69) is 10.1 Å². The van der Waals surface area contributed by atoms with Gasteiger partial charge in [-0.05, 0) is 32.0 Å². The Morgan fingerprint density at radius 3 is 2.21 bits per heavy atom. The van der Waals surface area contributed by atoms with E-state index < -0.39 is 17.0 Å². The Morgan fingerprint density at radius 1 is 0.912 bits per heavy atom. The van der Waals surface area contributed by atoms with E-state index in [1.54, 1.807) is 43.6 Å². The van der Waals surface area contributed by atoms with E-state index in [-0.39, 0.29) is 11.3 Å². The van der Waals surface area contributed by atoms with E-state index in [0.29, 0.717) is 34.4 Å². The zero-order valence-electron chi connectivity index (χ0n) is 19.0. The van der Waals surface area contributed by atoms with Crippen LogP contribution in [0.15, 0.2) is 54.7 Å². The molecule has 0 atom stereocenters. The number of nitrogens with zero attached hydrogens (tertiary/aromatic N) is 5. The molecule has 3 heterocycles. The maximum absolute atomic E-state index is 14.5. The normalized spacial score (nSPS) is 11.2. The molecule has 172 valence electrons. The zero-order valence-corrected chi connectivity index (χ0v) is 19.0. The second-order valence-electron chi connectivity index (χ2n) is 8.03. The highest BCUT2D eigenvalue weighted by molar-refractivity contribution is 5.62. The quantitative estimate of drug-likeness (QED) is 0.409. The van der Waals surface area contributed by atoms with Crippen LogP contribution in [0, 0.1) is 23.0 Å². The molecule has 0 aliphatic rings. The molecule has 0 aliphatic carbocycles. The minimum atomic E-state index is -0.783. The summed E-state index contributed by atoms with van der Waals surface area (Å²) in [4.78, 5) is 9.42. The number of benzene rings is 1. The van der Waals surface area contributed by atoms with Gasteiger partial charge >= 0.3 is 0 Å². The van der Waals surface area contributed by atoms with Gasteiger partial charge in [-0.3, -0.25) is 4.98 Å². The van der Waals surface area contributed by atoms with Crippen LogP contribution in [0.5, 0.6) is 11.5 Å². The van der Waals surface area contributed by atoms with Crippen molar-refractivity contribution in [2.75, 3.05) is 14.2 Å². The van der Waals surface area contributed by atoms with Crippen molar-refractivity contribution in [1.82, 2.24) is 19.7 Å². The molecule has 4 aromatic rings. The molecule has 0 radical (unpaired) electrons. The van der Waals surface area contributed by atoms with Crippen LogP contribution in [-0.4, -0.2) is 34.0 Å². The predicted molar refractivity (Wildman–Crippen MR) is 121 cm³/mol. The minimum absolute atomic E-state index is 0.150. The molecule has 0 saturated heterocycles. The molecule has 9 heteroatoms. The Morgan fingerprint density at radius 2 is 1.59 bits per heavy atom. The minimum Gasteiger partial charge on any atom is -0.497 e. The second kappa shape index (κ2) is 8.90. The molecular weight excluding hydrogens is 440 g/mol. The number of ether oxygens (including phenoxy) is 2. The fourth-order valence-electron chi connectivity index (χ4n) is 3.47. The van der Waals surface area contributed by atoms with Crippen molar-refractivity contribution in [3.63, 3.8) is 0 Å². The van der Waals surface area contributed by atoms with Crippen LogP contribution in [0.1, 0.15) is 30.9 Å². The first-order valence-corrected chi connectivity index (χ1v) is 10.3. The third-order valence-electron chi connectivity index (χ3n) is 5.48. The number of hydrogen-bond donors (Lipinski definition) is 0. The lowest BCUT2D eigenvalue weighted by Gasteiger charge is -2.26. The van der Waals surface area contributed by atoms with Gasteiger partial charge in [0.05, 0.1) is 31.3 Å². The third kappa shape index (κ3) is 4.30. The Labute approximate surface area is 195 Å². The van der Waals surface area contributed by atoms with Crippen LogP contribution in [0.3, 0.4) is 0 Å². The number of hydrogen-bond acceptors (Lipinski definition) is 6. The molecule has 0 bridgehead atoms. The lowest BCUT2D eigenvalue weighted by molar-refractivity contribution is 0.409. The summed E-state index contributed by atoms with van der Waals surface area (Å²) in [7, 11) is 3.04. The van der Waals surface area contributed by atoms with E-state index in [9.17, 15) is 8.78 Å². The monoisotopic (exact) mass is 461 g/mol. The van der Waals surface area contributed by atoms with E-state index in [1.807, 2.05) is 19.9 Å². The summed E-state index contributed by atoms with van der Waals surface area (Å²) >= 11 is 0. The predicted octanol–water partition coefficient (Wildman–Crippen LogP) is 4.82. The summed E-state index contributed by atoms with van der Waals surface area (Å²) in [5.74, 6) is 0.0614. The van der Waals surface area contributed by atoms with Crippen molar-refractivity contribution in [3.05, 3.63) is 83.4 Å². The van der Waals surface area contributed by atoms with Gasteiger partial charge < -0.3 is 9.47 Å². The fraction of sp³-hybridized carbons (Fsp3) is 0.200. The smallest absolute Gasteiger partial charge is 0.162 e. The van der Waals surface area contributed by atoms with E-state index in [0.717, 1.165) is 6.07 Å². The Balaban J connectivity index is 1.86. The van der Waals surface area contributed by atoms with Gasteiger partial charge in [0.1, 0.15) is 29.2 Å². The lowest BCUT2D eigenvalue weighted by atomic mass is 9.84. The van der Waals surface area contributed by atoms with Crippen LogP contribution in [-0.2, 0) is 5.41 Å². The van der Waals surface area contributed by atoms with Crippen molar-refractivity contribution >= 4 is 0 Å². The molecule has 0 fully saturated rings. The van der Waals surface area contributed by atoms with Gasteiger partial charge in [-0.2, -0.15) is 10.4 Å². The van der Waals surface area contributed by atoms with Crippen molar-refractivity contribution in [3.8, 4) is 34.6 Å². The van der Waals surface area contributed by atoms with E-state index in [1.165, 1.54) is 23.9 Å². The summed E-state index contributed by atoms with van der Waals surface area (Å²) < 4.78 is 40.3. The maximum atomic E-state index is 14.5. The van der Waals surface area contributed by atoms with Crippen molar-refractivity contribution in [1.29, 1.82) is 5.26 Å². The fourth-order valence-corrected chi connectivity index (χ4v) is 3.47. The topological polar surface area (TPSA) is 85.9 Å². The molecule has 0 amide bonds. The molecule has 0 saturated carbocycles. The van der Waals surface area contributed by atoms with Crippen molar-refractivity contribution in [2.24, 2.45) is 0 Å². The molecule has 1 aromatic carbocycles. The highest BCUT2D eigenvalue weighted by Gasteiger charge is 2.29. The number of aromatic nitrogens is 4. The van der Waals surface area contributed by atoms with Crippen LogP contribution in [0.25, 0.3) is 17.1 Å². The molecule has 7 nitrogen and oxygen atoms in total. The Hall–Kier alpha value is -4.32. The molecule has 0 aliphatic heterocycles. The standard InChI is InChI=1S/C25H21F2N5O2/c1-25(2,23-12-18(34-4)13-24(30-23)32-8-7-16(14-28)31-32)22-11-17(33-3)10-21(29-22)19-6-5-15(26)9-20(19)27/h5-13H,1-4H3. The highest BCUT2D eigenvalue weighted by Crippen LogP contribution is 2.36. The Bertz CT molecular complexity index is 1410. The van der Waals surface area contributed by atoms with E-state index >= 15 is 0 Å². The van der Waals surface area contributed by atoms with Crippen LogP contribution in [0.4, 0.5) is 8.78 Å². The maximum Gasteiger partial charge on any atom is 0.162 e. The summed E-state index contributed by atoms with van der Waals surface area (Å²) in [5, 5.41) is 13.3.